The van der Waals surface area contributed by atoms with Crippen LogP contribution in [-0.2, 0) is 19.6 Å². The molecule has 0 aliphatic carbocycles. The van der Waals surface area contributed by atoms with Gasteiger partial charge in [-0.15, -0.1) is 0 Å². The molecule has 2 aromatic rings. The van der Waals surface area contributed by atoms with Gasteiger partial charge in [0.15, 0.2) is 0 Å². The van der Waals surface area contributed by atoms with Crippen molar-refractivity contribution in [3.8, 4) is 6.07 Å². The van der Waals surface area contributed by atoms with Crippen molar-refractivity contribution in [1.29, 1.82) is 5.26 Å². The fraction of sp³-hybridized carbons (Fsp3) is 0.364. The first-order valence-corrected chi connectivity index (χ1v) is 11.5. The number of hydrogen-bond donors (Lipinski definition) is 2. The summed E-state index contributed by atoms with van der Waals surface area (Å²) in [5, 5.41) is 12.2. The third-order valence-corrected chi connectivity index (χ3v) is 6.14. The molecule has 1 aromatic carbocycles. The van der Waals surface area contributed by atoms with Crippen LogP contribution in [-0.4, -0.2) is 38.4 Å². The van der Waals surface area contributed by atoms with Crippen molar-refractivity contribution < 1.29 is 17.9 Å². The number of benzene rings is 1. The maximum atomic E-state index is 12.6. The van der Waals surface area contributed by atoms with Crippen molar-refractivity contribution in [1.82, 2.24) is 4.57 Å². The molecule has 1 heterocycles. The van der Waals surface area contributed by atoms with Gasteiger partial charge in [0.2, 0.25) is 10.0 Å². The van der Waals surface area contributed by atoms with Crippen LogP contribution in [0.3, 0.4) is 0 Å². The van der Waals surface area contributed by atoms with E-state index >= 15 is 0 Å². The average molecular weight is 445 g/mol. The lowest BCUT2D eigenvalue weighted by molar-refractivity contribution is -0.112. The van der Waals surface area contributed by atoms with Gasteiger partial charge < -0.3 is 14.6 Å². The number of aryl methyl sites for hydroxylation is 1. The molecule has 9 heteroatoms. The van der Waals surface area contributed by atoms with Crippen LogP contribution in [0.5, 0.6) is 0 Å². The van der Waals surface area contributed by atoms with E-state index in [9.17, 15) is 18.5 Å². The number of nitriles is 1. The summed E-state index contributed by atoms with van der Waals surface area (Å²) < 4.78 is 33.0. The van der Waals surface area contributed by atoms with E-state index in [0.717, 1.165) is 17.0 Å². The van der Waals surface area contributed by atoms with Crippen molar-refractivity contribution in [2.75, 3.05) is 29.5 Å². The second kappa shape index (κ2) is 10.3. The molecule has 0 fully saturated rings. The molecule has 0 saturated heterocycles. The number of ether oxygens (including phenoxy) is 1. The highest BCUT2D eigenvalue weighted by atomic mass is 32.2. The predicted octanol–water partition coefficient (Wildman–Crippen LogP) is 3.62. The highest BCUT2D eigenvalue weighted by Gasteiger charge is 2.16. The van der Waals surface area contributed by atoms with Gasteiger partial charge in [0.1, 0.15) is 11.6 Å². The SMILES string of the molecule is CCS(=O)(=O)Nc1ccc(NC(=O)/C(C#N)=C/c2cc(C)n(C(C)COC)c2C)cc1. The number of amides is 1. The Kier molecular flexibility index (Phi) is 8.02. The van der Waals surface area contributed by atoms with Crippen LogP contribution in [0, 0.1) is 25.2 Å². The molecular formula is C22H28N4O4S. The maximum Gasteiger partial charge on any atom is 0.266 e. The molecule has 0 aliphatic rings. The highest BCUT2D eigenvalue weighted by Crippen LogP contribution is 2.23. The van der Waals surface area contributed by atoms with E-state index in [-0.39, 0.29) is 17.4 Å². The van der Waals surface area contributed by atoms with Crippen LogP contribution < -0.4 is 10.0 Å². The number of methoxy groups -OCH3 is 1. The van der Waals surface area contributed by atoms with Crippen LogP contribution >= 0.6 is 0 Å². The van der Waals surface area contributed by atoms with Crippen LogP contribution in [0.2, 0.25) is 0 Å². The Morgan fingerprint density at radius 1 is 1.26 bits per heavy atom. The number of anilines is 2. The van der Waals surface area contributed by atoms with Crippen molar-refractivity contribution >= 4 is 33.4 Å². The Labute approximate surface area is 183 Å². The minimum atomic E-state index is -3.38. The molecular weight excluding hydrogens is 416 g/mol. The molecule has 2 N–H and O–H groups in total. The van der Waals surface area contributed by atoms with E-state index in [1.54, 1.807) is 44.4 Å². The van der Waals surface area contributed by atoms with Crippen LogP contribution in [0.25, 0.3) is 6.08 Å². The monoisotopic (exact) mass is 444 g/mol. The van der Waals surface area contributed by atoms with E-state index < -0.39 is 15.9 Å². The number of nitrogens with zero attached hydrogens (tertiary/aromatic N) is 2. The summed E-state index contributed by atoms with van der Waals surface area (Å²) in [5.41, 5.74) is 3.55. The molecule has 166 valence electrons. The first kappa shape index (κ1) is 24.2. The van der Waals surface area contributed by atoms with E-state index in [1.165, 1.54) is 0 Å². The number of nitrogens with one attached hydrogen (secondary N) is 2. The number of carbonyl (C=O) groups is 1. The molecule has 0 aliphatic heterocycles. The molecule has 0 bridgehead atoms. The number of aromatic nitrogens is 1. The molecule has 0 spiro atoms. The lowest BCUT2D eigenvalue weighted by atomic mass is 10.1. The second-order valence-electron chi connectivity index (χ2n) is 7.21. The van der Waals surface area contributed by atoms with Crippen molar-refractivity contribution in [3.63, 3.8) is 0 Å². The zero-order chi connectivity index (χ0) is 23.2. The smallest absolute Gasteiger partial charge is 0.266 e. The minimum Gasteiger partial charge on any atom is -0.383 e. The Hall–Kier alpha value is -3.09. The van der Waals surface area contributed by atoms with Crippen LogP contribution in [0.4, 0.5) is 11.4 Å². The molecule has 1 unspecified atom stereocenters. The molecule has 31 heavy (non-hydrogen) atoms. The molecule has 2 rings (SSSR count). The van der Waals surface area contributed by atoms with Gasteiger partial charge in [-0.05, 0) is 69.7 Å². The van der Waals surface area contributed by atoms with Gasteiger partial charge >= 0.3 is 0 Å². The highest BCUT2D eigenvalue weighted by molar-refractivity contribution is 7.92. The molecule has 0 saturated carbocycles. The topological polar surface area (TPSA) is 113 Å². The first-order valence-electron chi connectivity index (χ1n) is 9.82. The number of rotatable bonds is 9. The first-order chi connectivity index (χ1) is 14.6. The zero-order valence-corrected chi connectivity index (χ0v) is 19.2. The summed E-state index contributed by atoms with van der Waals surface area (Å²) in [6.07, 6.45) is 1.57. The van der Waals surface area contributed by atoms with Crippen molar-refractivity contribution in [3.05, 3.63) is 52.9 Å². The summed E-state index contributed by atoms with van der Waals surface area (Å²) in [7, 11) is -1.73. The number of hydrogen-bond acceptors (Lipinski definition) is 5. The molecule has 1 aromatic heterocycles. The number of carbonyl (C=O) groups excluding carboxylic acids is 1. The van der Waals surface area contributed by atoms with Gasteiger partial charge in [-0.1, -0.05) is 0 Å². The van der Waals surface area contributed by atoms with Crippen molar-refractivity contribution in [2.45, 2.75) is 33.7 Å². The summed E-state index contributed by atoms with van der Waals surface area (Å²) in [4.78, 5) is 12.6. The molecule has 1 amide bonds. The second-order valence-corrected chi connectivity index (χ2v) is 9.22. The zero-order valence-electron chi connectivity index (χ0n) is 18.4. The maximum absolute atomic E-state index is 12.6. The lowest BCUT2D eigenvalue weighted by Crippen LogP contribution is -2.15. The molecule has 8 nitrogen and oxygen atoms in total. The summed E-state index contributed by atoms with van der Waals surface area (Å²) in [6, 6.07) is 10.2. The van der Waals surface area contributed by atoms with E-state index in [4.69, 9.17) is 4.74 Å². The van der Waals surface area contributed by atoms with Crippen LogP contribution in [0.15, 0.2) is 35.9 Å². The predicted molar refractivity (Wildman–Crippen MR) is 122 cm³/mol. The van der Waals surface area contributed by atoms with Gasteiger partial charge in [-0.2, -0.15) is 5.26 Å². The molecule has 0 radical (unpaired) electrons. The third-order valence-electron chi connectivity index (χ3n) is 4.83. The van der Waals surface area contributed by atoms with Crippen molar-refractivity contribution in [2.24, 2.45) is 0 Å². The molecule has 1 atom stereocenters. The van der Waals surface area contributed by atoms with E-state index in [1.807, 2.05) is 32.9 Å². The Bertz CT molecular complexity index is 1110. The largest absolute Gasteiger partial charge is 0.383 e. The van der Waals surface area contributed by atoms with Crippen LogP contribution in [0.1, 0.15) is 36.8 Å². The normalized spacial score (nSPS) is 12.8. The average Bonchev–Trinajstić information content (AvgIpc) is 3.00. The minimum absolute atomic E-state index is 0.0320. The Balaban J connectivity index is 2.20. The summed E-state index contributed by atoms with van der Waals surface area (Å²) in [5.74, 6) is -0.578. The fourth-order valence-electron chi connectivity index (χ4n) is 3.32. The third kappa shape index (κ3) is 6.20. The van der Waals surface area contributed by atoms with Gasteiger partial charge in [0.25, 0.3) is 5.91 Å². The van der Waals surface area contributed by atoms with Gasteiger partial charge in [-0.25, -0.2) is 8.42 Å². The summed E-state index contributed by atoms with van der Waals surface area (Å²) in [6.45, 7) is 8.04. The lowest BCUT2D eigenvalue weighted by Gasteiger charge is -2.17. The van der Waals surface area contributed by atoms with Gasteiger partial charge in [0, 0.05) is 29.9 Å². The van der Waals surface area contributed by atoms with Gasteiger partial charge in [0.05, 0.1) is 18.4 Å². The van der Waals surface area contributed by atoms with Gasteiger partial charge in [-0.3, -0.25) is 9.52 Å². The number of sulfonamides is 1. The standard InChI is InChI=1S/C22H28N4O4S/c1-6-31(28,29)25-21-9-7-20(8-10-21)24-22(27)19(13-23)12-18-11-15(2)26(17(18)4)16(3)14-30-5/h7-12,16,25H,6,14H2,1-5H3,(H,24,27)/b19-12+. The van der Waals surface area contributed by atoms with E-state index in [2.05, 4.69) is 14.6 Å². The summed E-state index contributed by atoms with van der Waals surface area (Å²) >= 11 is 0. The Morgan fingerprint density at radius 2 is 1.87 bits per heavy atom. The Morgan fingerprint density at radius 3 is 2.42 bits per heavy atom. The fourth-order valence-corrected chi connectivity index (χ4v) is 3.96. The van der Waals surface area contributed by atoms with E-state index in [0.29, 0.717) is 18.0 Å². The quantitative estimate of drug-likeness (QED) is 0.453.